The highest BCUT2D eigenvalue weighted by Gasteiger charge is 2.22. The van der Waals surface area contributed by atoms with Crippen molar-refractivity contribution in [2.75, 3.05) is 0 Å². The molecule has 0 atom stereocenters. The summed E-state index contributed by atoms with van der Waals surface area (Å²) >= 11 is 0. The third kappa shape index (κ3) is 1.63. The largest absolute Gasteiger partial charge is 0.454 e. The van der Waals surface area contributed by atoms with Gasteiger partial charge in [-0.1, -0.05) is 0 Å². The summed E-state index contributed by atoms with van der Waals surface area (Å²) in [6, 6.07) is 1.00. The number of azide groups is 1. The van der Waals surface area contributed by atoms with Gasteiger partial charge in [-0.15, -0.1) is 0 Å². The van der Waals surface area contributed by atoms with Crippen molar-refractivity contribution in [2.45, 2.75) is 0 Å². The Labute approximate surface area is 70.5 Å². The van der Waals surface area contributed by atoms with Crippen LogP contribution in [0.25, 0.3) is 10.4 Å². The fraction of sp³-hybridized carbons (Fsp3) is 0. The molecule has 0 spiro atoms. The Morgan fingerprint density at radius 2 is 2.46 bits per heavy atom. The Bertz CT molecular complexity index is 402. The molecule has 13 heavy (non-hydrogen) atoms. The lowest BCUT2D eigenvalue weighted by molar-refractivity contribution is -0.385. The zero-order valence-electron chi connectivity index (χ0n) is 6.08. The molecule has 0 N–H and O–H groups in total. The third-order valence-corrected chi connectivity index (χ3v) is 1.17. The maximum absolute atomic E-state index is 10.8. The lowest BCUT2D eigenvalue weighted by atomic mass is 10.4. The van der Waals surface area contributed by atoms with Crippen molar-refractivity contribution in [1.82, 2.24) is 0 Å². The predicted octanol–water partition coefficient (Wildman–Crippen LogP) is 1.64. The number of amides is 1. The summed E-state index contributed by atoms with van der Waals surface area (Å²) in [5.74, 6) is -1.68. The number of carbonyl (C=O) groups excluding carboxylic acids is 1. The van der Waals surface area contributed by atoms with Crippen LogP contribution in [0.1, 0.15) is 10.6 Å². The van der Waals surface area contributed by atoms with Gasteiger partial charge in [0, 0.05) is 4.91 Å². The summed E-state index contributed by atoms with van der Waals surface area (Å²) in [7, 11) is 0. The summed E-state index contributed by atoms with van der Waals surface area (Å²) in [5.41, 5.74) is 7.37. The van der Waals surface area contributed by atoms with Gasteiger partial charge in [0.15, 0.2) is 0 Å². The molecule has 0 aliphatic heterocycles. The number of nitro groups is 1. The molecule has 0 aliphatic rings. The van der Waals surface area contributed by atoms with E-state index in [2.05, 4.69) is 14.4 Å². The lowest BCUT2D eigenvalue weighted by Gasteiger charge is -1.87. The van der Waals surface area contributed by atoms with Gasteiger partial charge >= 0.3 is 5.69 Å². The highest BCUT2D eigenvalue weighted by atomic mass is 16.6. The second-order valence-electron chi connectivity index (χ2n) is 1.89. The molecule has 0 saturated heterocycles. The summed E-state index contributed by atoms with van der Waals surface area (Å²) in [6.07, 6.45) is 0.970. The number of furan rings is 1. The van der Waals surface area contributed by atoms with Crippen LogP contribution in [0.5, 0.6) is 0 Å². The van der Waals surface area contributed by atoms with Gasteiger partial charge in [0.05, 0.1) is 17.3 Å². The average Bonchev–Trinajstić information content (AvgIpc) is 2.52. The van der Waals surface area contributed by atoms with Crippen molar-refractivity contribution in [3.8, 4) is 0 Å². The molecule has 66 valence electrons. The molecule has 1 heterocycles. The first-order chi connectivity index (χ1) is 6.16. The van der Waals surface area contributed by atoms with Crippen LogP contribution >= 0.6 is 0 Å². The summed E-state index contributed by atoms with van der Waals surface area (Å²) < 4.78 is 4.48. The van der Waals surface area contributed by atoms with Crippen LogP contribution in [0.15, 0.2) is 21.9 Å². The molecular formula is C5H2N4O4. The molecule has 8 heteroatoms. The van der Waals surface area contributed by atoms with Crippen LogP contribution in [-0.4, -0.2) is 10.8 Å². The molecule has 1 aromatic heterocycles. The number of rotatable bonds is 2. The smallest absolute Gasteiger partial charge is 0.318 e. The summed E-state index contributed by atoms with van der Waals surface area (Å²) in [6.45, 7) is 0. The van der Waals surface area contributed by atoms with Crippen molar-refractivity contribution in [3.05, 3.63) is 38.6 Å². The van der Waals surface area contributed by atoms with Crippen LogP contribution in [0.2, 0.25) is 0 Å². The molecular weight excluding hydrogens is 180 g/mol. The maximum atomic E-state index is 10.8. The quantitative estimate of drug-likeness (QED) is 0.226. The van der Waals surface area contributed by atoms with Crippen LogP contribution in [0.3, 0.4) is 0 Å². The van der Waals surface area contributed by atoms with E-state index in [-0.39, 0.29) is 0 Å². The van der Waals surface area contributed by atoms with Crippen LogP contribution < -0.4 is 0 Å². The topological polar surface area (TPSA) is 122 Å². The third-order valence-electron chi connectivity index (χ3n) is 1.17. The van der Waals surface area contributed by atoms with Crippen molar-refractivity contribution < 1.29 is 14.1 Å². The SMILES string of the molecule is [N-]=[N+]=NC(=O)c1occc1[N+](=O)[O-]. The number of carbonyl (C=O) groups is 1. The molecule has 0 aliphatic carbocycles. The van der Waals surface area contributed by atoms with E-state index in [1.165, 1.54) is 0 Å². The minimum atomic E-state index is -1.11. The van der Waals surface area contributed by atoms with E-state index in [1.807, 2.05) is 0 Å². The Morgan fingerprint density at radius 1 is 1.77 bits per heavy atom. The number of hydrogen-bond donors (Lipinski definition) is 0. The van der Waals surface area contributed by atoms with E-state index in [0.29, 0.717) is 0 Å². The summed E-state index contributed by atoms with van der Waals surface area (Å²) in [5, 5.41) is 12.9. The van der Waals surface area contributed by atoms with Crippen molar-refractivity contribution in [3.63, 3.8) is 0 Å². The molecule has 0 radical (unpaired) electrons. The standard InChI is InChI=1S/C5H2N4O4/c6-8-7-5(10)4-3(9(11)12)1-2-13-4/h1-2H. The predicted molar refractivity (Wildman–Crippen MR) is 38.8 cm³/mol. The first kappa shape index (κ1) is 8.75. The Balaban J connectivity index is 3.14. The van der Waals surface area contributed by atoms with E-state index in [1.54, 1.807) is 0 Å². The molecule has 8 nitrogen and oxygen atoms in total. The van der Waals surface area contributed by atoms with Gasteiger partial charge in [-0.2, -0.15) is 0 Å². The van der Waals surface area contributed by atoms with E-state index in [4.69, 9.17) is 5.53 Å². The molecule has 0 bridgehead atoms. The van der Waals surface area contributed by atoms with Crippen molar-refractivity contribution >= 4 is 11.6 Å². The molecule has 0 fully saturated rings. The molecule has 0 aromatic carbocycles. The van der Waals surface area contributed by atoms with Crippen LogP contribution in [0.4, 0.5) is 5.69 Å². The van der Waals surface area contributed by atoms with Gasteiger partial charge in [-0.05, 0) is 10.6 Å². The molecule has 1 amide bonds. The summed E-state index contributed by atoms with van der Waals surface area (Å²) in [4.78, 5) is 22.4. The number of hydrogen-bond acceptors (Lipinski definition) is 4. The van der Waals surface area contributed by atoms with Crippen molar-refractivity contribution in [1.29, 1.82) is 0 Å². The fourth-order valence-corrected chi connectivity index (χ4v) is 0.692. The first-order valence-electron chi connectivity index (χ1n) is 2.98. The minimum Gasteiger partial charge on any atom is -0.454 e. The Kier molecular flexibility index (Phi) is 2.27. The molecule has 0 saturated carbocycles. The van der Waals surface area contributed by atoms with Gasteiger partial charge in [-0.25, -0.2) is 0 Å². The fourth-order valence-electron chi connectivity index (χ4n) is 0.692. The molecule has 1 aromatic rings. The highest BCUT2D eigenvalue weighted by Crippen LogP contribution is 2.19. The van der Waals surface area contributed by atoms with Crippen molar-refractivity contribution in [2.24, 2.45) is 5.11 Å². The Morgan fingerprint density at radius 3 is 3.00 bits per heavy atom. The molecule has 1 rings (SSSR count). The van der Waals surface area contributed by atoms with Gasteiger partial charge in [0.25, 0.3) is 11.7 Å². The first-order valence-corrected chi connectivity index (χ1v) is 2.98. The van der Waals surface area contributed by atoms with Gasteiger partial charge in [0.1, 0.15) is 0 Å². The lowest BCUT2D eigenvalue weighted by Crippen LogP contribution is -1.96. The maximum Gasteiger partial charge on any atom is 0.318 e. The number of nitrogens with zero attached hydrogens (tertiary/aromatic N) is 4. The minimum absolute atomic E-state index is 0.516. The van der Waals surface area contributed by atoms with Gasteiger partial charge < -0.3 is 4.42 Å². The zero-order valence-corrected chi connectivity index (χ0v) is 6.08. The second-order valence-corrected chi connectivity index (χ2v) is 1.89. The van der Waals surface area contributed by atoms with E-state index in [0.717, 1.165) is 12.3 Å². The highest BCUT2D eigenvalue weighted by molar-refractivity contribution is 5.95. The normalized spacial score (nSPS) is 8.92. The Hall–Kier alpha value is -2.34. The van der Waals surface area contributed by atoms with E-state index in [9.17, 15) is 14.9 Å². The zero-order chi connectivity index (χ0) is 9.84. The second kappa shape index (κ2) is 3.37. The van der Waals surface area contributed by atoms with Gasteiger partial charge in [0.2, 0.25) is 0 Å². The van der Waals surface area contributed by atoms with Crippen LogP contribution in [-0.2, 0) is 0 Å². The monoisotopic (exact) mass is 182 g/mol. The van der Waals surface area contributed by atoms with E-state index >= 15 is 0 Å². The molecule has 0 unspecified atom stereocenters. The van der Waals surface area contributed by atoms with Gasteiger partial charge in [-0.3, -0.25) is 14.9 Å². The average molecular weight is 182 g/mol. The van der Waals surface area contributed by atoms with Crippen LogP contribution in [0, 0.1) is 10.1 Å². The van der Waals surface area contributed by atoms with E-state index < -0.39 is 22.3 Å².